The van der Waals surface area contributed by atoms with Crippen LogP contribution < -0.4 is 10.1 Å². The van der Waals surface area contributed by atoms with E-state index in [9.17, 15) is 4.79 Å². The van der Waals surface area contributed by atoms with Crippen molar-refractivity contribution in [2.24, 2.45) is 0 Å². The van der Waals surface area contributed by atoms with Gasteiger partial charge in [0.25, 0.3) is 0 Å². The molecule has 0 fully saturated rings. The molecule has 0 amide bonds. The van der Waals surface area contributed by atoms with Gasteiger partial charge in [0, 0.05) is 12.1 Å². The Kier molecular flexibility index (Phi) is 5.00. The molecule has 0 bridgehead atoms. The number of ether oxygens (including phenoxy) is 2. The predicted molar refractivity (Wildman–Crippen MR) is 78.3 cm³/mol. The highest BCUT2D eigenvalue weighted by Crippen LogP contribution is 2.19. The Morgan fingerprint density at radius 3 is 2.62 bits per heavy atom. The van der Waals surface area contributed by atoms with E-state index in [1.165, 1.54) is 12.7 Å². The van der Waals surface area contributed by atoms with E-state index in [2.05, 4.69) is 10.1 Å². The van der Waals surface area contributed by atoms with E-state index in [4.69, 9.17) is 9.15 Å². The molecule has 1 heterocycles. The average molecular weight is 289 g/mol. The van der Waals surface area contributed by atoms with E-state index in [0.717, 1.165) is 17.9 Å². The molecule has 0 atom stereocenters. The lowest BCUT2D eigenvalue weighted by atomic mass is 10.2. The van der Waals surface area contributed by atoms with Crippen molar-refractivity contribution in [1.82, 2.24) is 5.32 Å². The van der Waals surface area contributed by atoms with Gasteiger partial charge < -0.3 is 19.2 Å². The number of carbonyl (C=O) groups excluding carboxylic acids is 1. The van der Waals surface area contributed by atoms with Crippen LogP contribution in [-0.2, 0) is 17.9 Å². The van der Waals surface area contributed by atoms with Gasteiger partial charge in [0.15, 0.2) is 0 Å². The lowest BCUT2D eigenvalue weighted by Crippen LogP contribution is -2.04. The van der Waals surface area contributed by atoms with Crippen molar-refractivity contribution in [3.05, 3.63) is 53.0 Å². The number of furan rings is 1. The lowest BCUT2D eigenvalue weighted by molar-refractivity contribution is 0.0560. The van der Waals surface area contributed by atoms with Crippen LogP contribution in [-0.4, -0.2) is 20.1 Å². The van der Waals surface area contributed by atoms with Crippen molar-refractivity contribution in [2.45, 2.75) is 20.1 Å². The van der Waals surface area contributed by atoms with E-state index in [1.807, 2.05) is 31.3 Å². The van der Waals surface area contributed by atoms with Gasteiger partial charge in [-0.3, -0.25) is 0 Å². The molecule has 21 heavy (non-hydrogen) atoms. The Morgan fingerprint density at radius 1 is 1.29 bits per heavy atom. The number of hydrogen-bond donors (Lipinski definition) is 1. The summed E-state index contributed by atoms with van der Waals surface area (Å²) in [5.74, 6) is 1.09. The second-order valence-corrected chi connectivity index (χ2v) is 4.68. The highest BCUT2D eigenvalue weighted by molar-refractivity contribution is 5.87. The minimum Gasteiger partial charge on any atom is -0.486 e. The van der Waals surface area contributed by atoms with Gasteiger partial charge in [-0.25, -0.2) is 4.79 Å². The molecule has 112 valence electrons. The van der Waals surface area contributed by atoms with E-state index in [1.54, 1.807) is 13.0 Å². The average Bonchev–Trinajstić information content (AvgIpc) is 2.87. The zero-order chi connectivity index (χ0) is 15.2. The molecule has 2 rings (SSSR count). The van der Waals surface area contributed by atoms with E-state index >= 15 is 0 Å². The Balaban J connectivity index is 1.98. The number of methoxy groups -OCH3 is 1. The van der Waals surface area contributed by atoms with Gasteiger partial charge in [0.1, 0.15) is 18.1 Å². The SMILES string of the molecule is CNCc1ccc(OCc2cc(C)c(C(=O)OC)o2)cc1. The Hall–Kier alpha value is -2.27. The van der Waals surface area contributed by atoms with E-state index < -0.39 is 5.97 Å². The van der Waals surface area contributed by atoms with Gasteiger partial charge in [-0.1, -0.05) is 12.1 Å². The first-order valence-electron chi connectivity index (χ1n) is 6.68. The number of carbonyl (C=O) groups is 1. The molecule has 1 aromatic carbocycles. The molecule has 0 saturated heterocycles. The fourth-order valence-electron chi connectivity index (χ4n) is 1.98. The number of rotatable bonds is 6. The molecule has 0 aliphatic heterocycles. The molecule has 5 nitrogen and oxygen atoms in total. The van der Waals surface area contributed by atoms with Crippen molar-refractivity contribution in [3.63, 3.8) is 0 Å². The Bertz CT molecular complexity index is 601. The van der Waals surface area contributed by atoms with Crippen LogP contribution in [0.15, 0.2) is 34.7 Å². The second-order valence-electron chi connectivity index (χ2n) is 4.68. The van der Waals surface area contributed by atoms with Crippen LogP contribution in [0.3, 0.4) is 0 Å². The fourth-order valence-corrected chi connectivity index (χ4v) is 1.98. The molecule has 1 aromatic heterocycles. The van der Waals surface area contributed by atoms with Crippen LogP contribution in [0, 0.1) is 6.92 Å². The first kappa shape index (κ1) is 15.1. The van der Waals surface area contributed by atoms with E-state index in [0.29, 0.717) is 5.76 Å². The molecule has 0 unspecified atom stereocenters. The highest BCUT2D eigenvalue weighted by atomic mass is 16.5. The van der Waals surface area contributed by atoms with Gasteiger partial charge >= 0.3 is 5.97 Å². The third kappa shape index (κ3) is 3.86. The summed E-state index contributed by atoms with van der Waals surface area (Å²) in [6, 6.07) is 9.59. The molecule has 0 aliphatic rings. The molecule has 0 radical (unpaired) electrons. The monoisotopic (exact) mass is 289 g/mol. The molecular formula is C16H19NO4. The van der Waals surface area contributed by atoms with Gasteiger partial charge in [0.05, 0.1) is 7.11 Å². The predicted octanol–water partition coefficient (Wildman–Crippen LogP) is 2.67. The third-order valence-corrected chi connectivity index (χ3v) is 3.02. The van der Waals surface area contributed by atoms with Crippen molar-refractivity contribution in [2.75, 3.05) is 14.2 Å². The van der Waals surface area contributed by atoms with Gasteiger partial charge in [-0.2, -0.15) is 0 Å². The summed E-state index contributed by atoms with van der Waals surface area (Å²) in [4.78, 5) is 11.5. The Morgan fingerprint density at radius 2 is 2.00 bits per heavy atom. The fraction of sp³-hybridized carbons (Fsp3) is 0.312. The van der Waals surface area contributed by atoms with Crippen LogP contribution >= 0.6 is 0 Å². The van der Waals surface area contributed by atoms with Crippen LogP contribution in [0.4, 0.5) is 0 Å². The van der Waals surface area contributed by atoms with Crippen molar-refractivity contribution >= 4 is 5.97 Å². The molecule has 0 saturated carbocycles. The zero-order valence-corrected chi connectivity index (χ0v) is 12.4. The van der Waals surface area contributed by atoms with E-state index in [-0.39, 0.29) is 12.4 Å². The largest absolute Gasteiger partial charge is 0.486 e. The second kappa shape index (κ2) is 6.95. The number of benzene rings is 1. The minimum atomic E-state index is -0.477. The number of hydrogen-bond acceptors (Lipinski definition) is 5. The maximum atomic E-state index is 11.5. The lowest BCUT2D eigenvalue weighted by Gasteiger charge is -2.05. The standard InChI is InChI=1S/C16H19NO4/c1-11-8-14(21-15(11)16(18)19-3)10-20-13-6-4-12(5-7-13)9-17-2/h4-8,17H,9-10H2,1-3H3. The molecule has 2 aromatic rings. The first-order chi connectivity index (χ1) is 10.1. The first-order valence-corrected chi connectivity index (χ1v) is 6.68. The summed E-state index contributed by atoms with van der Waals surface area (Å²) in [5.41, 5.74) is 1.93. The summed E-state index contributed by atoms with van der Waals surface area (Å²) < 4.78 is 15.7. The summed E-state index contributed by atoms with van der Waals surface area (Å²) in [6.45, 7) is 2.88. The molecular weight excluding hydrogens is 270 g/mol. The smallest absolute Gasteiger partial charge is 0.374 e. The summed E-state index contributed by atoms with van der Waals surface area (Å²) in [7, 11) is 3.23. The maximum Gasteiger partial charge on any atom is 0.374 e. The van der Waals surface area contributed by atoms with Crippen LogP contribution in [0.5, 0.6) is 5.75 Å². The summed E-state index contributed by atoms with van der Waals surface area (Å²) in [5, 5.41) is 3.09. The van der Waals surface area contributed by atoms with Gasteiger partial charge in [-0.05, 0) is 37.7 Å². The Labute approximate surface area is 123 Å². The zero-order valence-electron chi connectivity index (χ0n) is 12.4. The van der Waals surface area contributed by atoms with Crippen LogP contribution in [0.2, 0.25) is 0 Å². The topological polar surface area (TPSA) is 60.7 Å². The quantitative estimate of drug-likeness (QED) is 0.828. The summed E-state index contributed by atoms with van der Waals surface area (Å²) >= 11 is 0. The molecule has 5 heteroatoms. The third-order valence-electron chi connectivity index (χ3n) is 3.02. The summed E-state index contributed by atoms with van der Waals surface area (Å²) in [6.07, 6.45) is 0. The van der Waals surface area contributed by atoms with Gasteiger partial charge in [0.2, 0.25) is 5.76 Å². The molecule has 0 spiro atoms. The van der Waals surface area contributed by atoms with Crippen molar-refractivity contribution in [3.8, 4) is 5.75 Å². The normalized spacial score (nSPS) is 10.4. The number of esters is 1. The van der Waals surface area contributed by atoms with Gasteiger partial charge in [-0.15, -0.1) is 0 Å². The maximum absolute atomic E-state index is 11.5. The highest BCUT2D eigenvalue weighted by Gasteiger charge is 2.16. The molecule has 1 N–H and O–H groups in total. The minimum absolute atomic E-state index is 0.223. The van der Waals surface area contributed by atoms with Crippen LogP contribution in [0.25, 0.3) is 0 Å². The van der Waals surface area contributed by atoms with Crippen molar-refractivity contribution in [1.29, 1.82) is 0 Å². The van der Waals surface area contributed by atoms with Crippen molar-refractivity contribution < 1.29 is 18.7 Å². The molecule has 0 aliphatic carbocycles. The number of aryl methyl sites for hydroxylation is 1. The van der Waals surface area contributed by atoms with Crippen LogP contribution in [0.1, 0.15) is 27.4 Å². The number of nitrogens with one attached hydrogen (secondary N) is 1.